The Hall–Kier alpha value is -1.50. The van der Waals surface area contributed by atoms with Gasteiger partial charge < -0.3 is 15.2 Å². The fraction of sp³-hybridized carbons (Fsp3) is 0.400. The maximum atomic E-state index is 12.8. The third-order valence-electron chi connectivity index (χ3n) is 2.29. The average Bonchev–Trinajstić information content (AvgIpc) is 2.49. The van der Waals surface area contributed by atoms with Gasteiger partial charge in [-0.2, -0.15) is 0 Å². The average molecular weight is 251 g/mol. The molecule has 1 aromatic rings. The van der Waals surface area contributed by atoms with E-state index in [9.17, 15) is 17.6 Å². The topological polar surface area (TPSA) is 44.5 Å². The second-order valence-corrected chi connectivity index (χ2v) is 3.58. The van der Waals surface area contributed by atoms with E-state index in [1.165, 1.54) is 18.2 Å². The van der Waals surface area contributed by atoms with Gasteiger partial charge in [0.15, 0.2) is 11.5 Å². The van der Waals surface area contributed by atoms with Crippen LogP contribution in [0.5, 0.6) is 11.5 Å². The molecular formula is C10H9F4NO2. The van der Waals surface area contributed by atoms with Crippen LogP contribution >= 0.6 is 0 Å². The smallest absolute Gasteiger partial charge is 0.395 e. The van der Waals surface area contributed by atoms with Crippen LogP contribution in [0.15, 0.2) is 18.2 Å². The molecule has 17 heavy (non-hydrogen) atoms. The quantitative estimate of drug-likeness (QED) is 0.840. The van der Waals surface area contributed by atoms with E-state index in [2.05, 4.69) is 9.47 Å². The number of hydrogen-bond donors (Lipinski definition) is 1. The summed E-state index contributed by atoms with van der Waals surface area (Å²) in [6.07, 6.45) is -7.03. The van der Waals surface area contributed by atoms with E-state index < -0.39 is 25.2 Å². The zero-order chi connectivity index (χ0) is 12.6. The highest BCUT2D eigenvalue weighted by molar-refractivity contribution is 5.50. The van der Waals surface area contributed by atoms with Gasteiger partial charge in [0.2, 0.25) is 6.43 Å². The van der Waals surface area contributed by atoms with Crippen molar-refractivity contribution in [3.8, 4) is 11.5 Å². The van der Waals surface area contributed by atoms with Gasteiger partial charge in [-0.05, 0) is 6.07 Å². The van der Waals surface area contributed by atoms with Crippen LogP contribution in [0.4, 0.5) is 17.6 Å². The third-order valence-corrected chi connectivity index (χ3v) is 2.29. The highest BCUT2D eigenvalue weighted by Crippen LogP contribution is 2.45. The molecule has 0 saturated carbocycles. The molecule has 1 atom stereocenters. The molecule has 0 fully saturated rings. The largest absolute Gasteiger partial charge is 0.586 e. The van der Waals surface area contributed by atoms with E-state index in [0.29, 0.717) is 0 Å². The molecule has 1 aromatic carbocycles. The van der Waals surface area contributed by atoms with Crippen molar-refractivity contribution in [2.75, 3.05) is 0 Å². The number of benzene rings is 1. The number of nitrogens with two attached hydrogens (primary N) is 1. The van der Waals surface area contributed by atoms with Gasteiger partial charge in [-0.3, -0.25) is 0 Å². The molecule has 0 aromatic heterocycles. The first-order chi connectivity index (χ1) is 7.89. The van der Waals surface area contributed by atoms with Gasteiger partial charge in [0.05, 0.1) is 0 Å². The first kappa shape index (κ1) is 12.0. The van der Waals surface area contributed by atoms with Crippen molar-refractivity contribution < 1.29 is 27.0 Å². The lowest BCUT2D eigenvalue weighted by Gasteiger charge is -2.13. The van der Waals surface area contributed by atoms with Gasteiger partial charge in [-0.15, -0.1) is 8.78 Å². The fourth-order valence-electron chi connectivity index (χ4n) is 1.60. The van der Waals surface area contributed by atoms with E-state index in [1.807, 2.05) is 0 Å². The maximum absolute atomic E-state index is 12.8. The summed E-state index contributed by atoms with van der Waals surface area (Å²) in [6.45, 7) is 0. The Bertz CT molecular complexity index is 425. The van der Waals surface area contributed by atoms with Crippen molar-refractivity contribution in [1.29, 1.82) is 0 Å². The summed E-state index contributed by atoms with van der Waals surface area (Å²) >= 11 is 0. The molecule has 1 aliphatic rings. The molecule has 0 unspecified atom stereocenters. The minimum atomic E-state index is -3.77. The number of para-hydroxylation sites is 1. The van der Waals surface area contributed by atoms with Crippen molar-refractivity contribution in [3.05, 3.63) is 23.8 Å². The molecule has 94 valence electrons. The highest BCUT2D eigenvalue weighted by atomic mass is 19.3. The van der Waals surface area contributed by atoms with E-state index in [1.54, 1.807) is 0 Å². The second-order valence-electron chi connectivity index (χ2n) is 3.58. The Kier molecular flexibility index (Phi) is 2.86. The van der Waals surface area contributed by atoms with Gasteiger partial charge in [0, 0.05) is 18.0 Å². The molecule has 7 heteroatoms. The molecule has 0 amide bonds. The number of rotatable bonds is 3. The van der Waals surface area contributed by atoms with Gasteiger partial charge in [0.25, 0.3) is 0 Å². The first-order valence-corrected chi connectivity index (χ1v) is 4.81. The molecule has 1 heterocycles. The number of fused-ring (bicyclic) bond motifs is 1. The molecule has 0 saturated heterocycles. The molecule has 3 nitrogen and oxygen atoms in total. The molecular weight excluding hydrogens is 242 g/mol. The molecule has 0 aliphatic carbocycles. The van der Waals surface area contributed by atoms with Crippen molar-refractivity contribution in [3.63, 3.8) is 0 Å². The van der Waals surface area contributed by atoms with Crippen LogP contribution < -0.4 is 15.2 Å². The molecule has 0 radical (unpaired) electrons. The Morgan fingerprint density at radius 1 is 1.24 bits per heavy atom. The Balaban J connectivity index is 2.29. The first-order valence-electron chi connectivity index (χ1n) is 4.81. The minimum absolute atomic E-state index is 0.0833. The van der Waals surface area contributed by atoms with Crippen LogP contribution in [0.1, 0.15) is 18.0 Å². The lowest BCUT2D eigenvalue weighted by molar-refractivity contribution is -0.287. The number of alkyl halides is 4. The fourth-order valence-corrected chi connectivity index (χ4v) is 1.60. The predicted octanol–water partition coefficient (Wildman–Crippen LogP) is 2.66. The normalized spacial score (nSPS) is 18.5. The molecule has 0 bridgehead atoms. The van der Waals surface area contributed by atoms with Gasteiger partial charge in [-0.1, -0.05) is 12.1 Å². The summed E-state index contributed by atoms with van der Waals surface area (Å²) in [6, 6.07) is 2.93. The Labute approximate surface area is 94.1 Å². The van der Waals surface area contributed by atoms with Crippen LogP contribution in [0.2, 0.25) is 0 Å². The van der Waals surface area contributed by atoms with Crippen LogP contribution in [0.3, 0.4) is 0 Å². The van der Waals surface area contributed by atoms with Crippen molar-refractivity contribution in [2.24, 2.45) is 5.73 Å². The summed E-state index contributed by atoms with van der Waals surface area (Å²) in [5.41, 5.74) is 5.58. The number of ether oxygens (including phenoxy) is 2. The van der Waals surface area contributed by atoms with E-state index in [-0.39, 0.29) is 17.1 Å². The number of hydrogen-bond acceptors (Lipinski definition) is 3. The third kappa shape index (κ3) is 2.44. The summed E-state index contributed by atoms with van der Waals surface area (Å²) in [5.74, 6) is -0.470. The van der Waals surface area contributed by atoms with E-state index >= 15 is 0 Å². The minimum Gasteiger partial charge on any atom is -0.395 e. The molecule has 2 rings (SSSR count). The maximum Gasteiger partial charge on any atom is 0.586 e. The number of halogens is 4. The Morgan fingerprint density at radius 2 is 1.94 bits per heavy atom. The lowest BCUT2D eigenvalue weighted by atomic mass is 10.0. The summed E-state index contributed by atoms with van der Waals surface area (Å²) in [7, 11) is 0. The monoisotopic (exact) mass is 251 g/mol. The SMILES string of the molecule is N[C@@H](CC(F)F)c1cccc2c1OC(F)(F)O2. The highest BCUT2D eigenvalue weighted by Gasteiger charge is 2.44. The van der Waals surface area contributed by atoms with Gasteiger partial charge in [-0.25, -0.2) is 8.78 Å². The van der Waals surface area contributed by atoms with Crippen molar-refractivity contribution in [1.82, 2.24) is 0 Å². The second kappa shape index (κ2) is 4.06. The summed E-state index contributed by atoms with van der Waals surface area (Å²) in [4.78, 5) is 0. The van der Waals surface area contributed by atoms with E-state index in [0.717, 1.165) is 0 Å². The Morgan fingerprint density at radius 3 is 2.59 bits per heavy atom. The zero-order valence-electron chi connectivity index (χ0n) is 8.50. The van der Waals surface area contributed by atoms with Crippen LogP contribution in [-0.2, 0) is 0 Å². The van der Waals surface area contributed by atoms with Crippen molar-refractivity contribution in [2.45, 2.75) is 25.2 Å². The van der Waals surface area contributed by atoms with Gasteiger partial charge >= 0.3 is 6.29 Å². The summed E-state index contributed by atoms with van der Waals surface area (Å²) < 4.78 is 58.4. The van der Waals surface area contributed by atoms with Gasteiger partial charge in [0.1, 0.15) is 0 Å². The van der Waals surface area contributed by atoms with Crippen molar-refractivity contribution >= 4 is 0 Å². The lowest BCUT2D eigenvalue weighted by Crippen LogP contribution is -2.26. The summed E-state index contributed by atoms with van der Waals surface area (Å²) in [5, 5.41) is 0. The molecule has 1 aliphatic heterocycles. The van der Waals surface area contributed by atoms with Crippen LogP contribution in [0.25, 0.3) is 0 Å². The zero-order valence-corrected chi connectivity index (χ0v) is 8.50. The molecule has 0 spiro atoms. The standard InChI is InChI=1S/C10H9F4NO2/c11-8(12)4-6(15)5-2-1-3-7-9(5)17-10(13,14)16-7/h1-3,6,8H,4,15H2/t6-/m0/s1. The predicted molar refractivity (Wildman–Crippen MR) is 50.2 cm³/mol. The van der Waals surface area contributed by atoms with Crippen LogP contribution in [0, 0.1) is 0 Å². The molecule has 2 N–H and O–H groups in total. The van der Waals surface area contributed by atoms with E-state index in [4.69, 9.17) is 5.73 Å². The van der Waals surface area contributed by atoms with Crippen LogP contribution in [-0.4, -0.2) is 12.7 Å².